The van der Waals surface area contributed by atoms with E-state index in [9.17, 15) is 14.7 Å². The van der Waals surface area contributed by atoms with Crippen LogP contribution in [0.3, 0.4) is 0 Å². The Balaban J connectivity index is 1.97. The number of rotatable bonds is 6. The predicted octanol–water partition coefficient (Wildman–Crippen LogP) is 3.61. The first kappa shape index (κ1) is 18.0. The summed E-state index contributed by atoms with van der Waals surface area (Å²) in [6, 6.07) is 13.3. The summed E-state index contributed by atoms with van der Waals surface area (Å²) < 4.78 is 0. The number of phenols is 1. The van der Waals surface area contributed by atoms with Crippen molar-refractivity contribution < 1.29 is 14.7 Å². The molecule has 2 rings (SSSR count). The molecule has 2 amide bonds. The number of halogens is 1. The predicted molar refractivity (Wildman–Crippen MR) is 97.5 cm³/mol. The Morgan fingerprint density at radius 2 is 1.71 bits per heavy atom. The third-order valence-electron chi connectivity index (χ3n) is 3.49. The molecule has 3 N–H and O–H groups in total. The lowest BCUT2D eigenvalue weighted by Crippen LogP contribution is -2.26. The second-order valence-corrected chi connectivity index (χ2v) is 6.14. The van der Waals surface area contributed by atoms with Crippen molar-refractivity contribution in [2.45, 2.75) is 19.4 Å². The van der Waals surface area contributed by atoms with Gasteiger partial charge < -0.3 is 15.7 Å². The monoisotopic (exact) mass is 390 g/mol. The maximum atomic E-state index is 12.3. The van der Waals surface area contributed by atoms with E-state index < -0.39 is 0 Å². The van der Waals surface area contributed by atoms with E-state index in [4.69, 9.17) is 0 Å². The zero-order valence-corrected chi connectivity index (χ0v) is 14.8. The second kappa shape index (κ2) is 8.49. The molecule has 0 unspecified atom stereocenters. The molecule has 0 spiro atoms. The molecule has 0 heterocycles. The lowest BCUT2D eigenvalue weighted by Gasteiger charge is -2.14. The number of carbonyl (C=O) groups is 2. The van der Waals surface area contributed by atoms with Gasteiger partial charge in [0.15, 0.2) is 0 Å². The van der Waals surface area contributed by atoms with E-state index in [0.717, 1.165) is 5.56 Å². The Bertz CT molecular complexity index is 699. The fraction of sp³-hybridized carbons (Fsp3) is 0.222. The molecule has 0 radical (unpaired) electrons. The zero-order valence-electron chi connectivity index (χ0n) is 13.3. The number of carbonyl (C=O) groups excluding carboxylic acids is 2. The summed E-state index contributed by atoms with van der Waals surface area (Å²) in [7, 11) is 0. The number of amides is 2. The number of anilines is 1. The van der Waals surface area contributed by atoms with Gasteiger partial charge in [-0.1, -0.05) is 28.1 Å². The molecule has 5 nitrogen and oxygen atoms in total. The first-order valence-electron chi connectivity index (χ1n) is 7.55. The van der Waals surface area contributed by atoms with Gasteiger partial charge in [0.2, 0.25) is 5.91 Å². The molecule has 0 aromatic heterocycles. The van der Waals surface area contributed by atoms with Crippen LogP contribution in [0.2, 0.25) is 0 Å². The summed E-state index contributed by atoms with van der Waals surface area (Å²) in [5.74, 6) is -0.0891. The summed E-state index contributed by atoms with van der Waals surface area (Å²) >= 11 is 3.21. The maximum Gasteiger partial charge on any atom is 0.251 e. The summed E-state index contributed by atoms with van der Waals surface area (Å²) in [4.78, 5) is 23.8. The Morgan fingerprint density at radius 3 is 2.29 bits per heavy atom. The molecule has 0 aliphatic rings. The van der Waals surface area contributed by atoms with Gasteiger partial charge in [0.25, 0.3) is 5.91 Å². The highest BCUT2D eigenvalue weighted by molar-refractivity contribution is 9.09. The van der Waals surface area contributed by atoms with Gasteiger partial charge in [-0.2, -0.15) is 0 Å². The number of phenolic OH excluding ortho intramolecular Hbond substituents is 1. The van der Waals surface area contributed by atoms with Crippen LogP contribution in [0, 0.1) is 0 Å². The molecule has 0 saturated carbocycles. The van der Waals surface area contributed by atoms with Gasteiger partial charge in [0.05, 0.1) is 6.04 Å². The third-order valence-corrected chi connectivity index (χ3v) is 3.89. The van der Waals surface area contributed by atoms with Crippen LogP contribution in [0.5, 0.6) is 5.75 Å². The number of hydrogen-bond acceptors (Lipinski definition) is 3. The molecule has 2 aromatic rings. The van der Waals surface area contributed by atoms with E-state index >= 15 is 0 Å². The number of hydrogen-bond donors (Lipinski definition) is 3. The smallest absolute Gasteiger partial charge is 0.251 e. The van der Waals surface area contributed by atoms with Crippen molar-refractivity contribution in [3.05, 3.63) is 59.7 Å². The quantitative estimate of drug-likeness (QED) is 0.659. The highest BCUT2D eigenvalue weighted by Crippen LogP contribution is 2.17. The molecule has 0 fully saturated rings. The van der Waals surface area contributed by atoms with Crippen LogP contribution < -0.4 is 10.6 Å². The van der Waals surface area contributed by atoms with Gasteiger partial charge in [-0.25, -0.2) is 0 Å². The molecule has 24 heavy (non-hydrogen) atoms. The normalized spacial score (nSPS) is 11.6. The molecule has 0 saturated heterocycles. The topological polar surface area (TPSA) is 78.4 Å². The summed E-state index contributed by atoms with van der Waals surface area (Å²) in [5, 5.41) is 15.6. The average Bonchev–Trinajstić information content (AvgIpc) is 2.56. The molecule has 6 heteroatoms. The Labute approximate surface area is 149 Å². The van der Waals surface area contributed by atoms with E-state index in [1.54, 1.807) is 48.5 Å². The SMILES string of the molecule is C[C@H](NC(=O)c1ccc(NC(=O)CCBr)cc1)c1ccc(O)cc1. The minimum Gasteiger partial charge on any atom is -0.508 e. The third kappa shape index (κ3) is 5.09. The largest absolute Gasteiger partial charge is 0.508 e. The molecular formula is C18H19BrN2O3. The minimum absolute atomic E-state index is 0.0787. The van der Waals surface area contributed by atoms with Gasteiger partial charge in [-0.05, 0) is 48.9 Å². The van der Waals surface area contributed by atoms with Crippen molar-refractivity contribution in [1.29, 1.82) is 0 Å². The van der Waals surface area contributed by atoms with Crippen molar-refractivity contribution in [3.8, 4) is 5.75 Å². The molecule has 0 bridgehead atoms. The Kier molecular flexibility index (Phi) is 6.37. The van der Waals surface area contributed by atoms with Crippen molar-refractivity contribution in [3.63, 3.8) is 0 Å². The fourth-order valence-electron chi connectivity index (χ4n) is 2.14. The van der Waals surface area contributed by atoms with Gasteiger partial charge in [0.1, 0.15) is 5.75 Å². The first-order valence-corrected chi connectivity index (χ1v) is 8.67. The number of alkyl halides is 1. The van der Waals surface area contributed by atoms with Crippen LogP contribution >= 0.6 is 15.9 Å². The highest BCUT2D eigenvalue weighted by Gasteiger charge is 2.11. The van der Waals surface area contributed by atoms with Crippen molar-refractivity contribution in [2.75, 3.05) is 10.6 Å². The lowest BCUT2D eigenvalue weighted by molar-refractivity contribution is -0.115. The van der Waals surface area contributed by atoms with Crippen molar-refractivity contribution in [2.24, 2.45) is 0 Å². The molecular weight excluding hydrogens is 372 g/mol. The fourth-order valence-corrected chi connectivity index (χ4v) is 2.50. The number of nitrogens with one attached hydrogen (secondary N) is 2. The highest BCUT2D eigenvalue weighted by atomic mass is 79.9. The van der Waals surface area contributed by atoms with E-state index in [-0.39, 0.29) is 23.6 Å². The van der Waals surface area contributed by atoms with Crippen LogP contribution in [0.4, 0.5) is 5.69 Å². The van der Waals surface area contributed by atoms with Crippen LogP contribution in [0.25, 0.3) is 0 Å². The van der Waals surface area contributed by atoms with E-state index in [0.29, 0.717) is 23.0 Å². The van der Waals surface area contributed by atoms with Gasteiger partial charge >= 0.3 is 0 Å². The number of benzene rings is 2. The average molecular weight is 391 g/mol. The zero-order chi connectivity index (χ0) is 17.5. The minimum atomic E-state index is -0.200. The second-order valence-electron chi connectivity index (χ2n) is 5.35. The van der Waals surface area contributed by atoms with Crippen LogP contribution in [0.15, 0.2) is 48.5 Å². The Morgan fingerprint density at radius 1 is 1.08 bits per heavy atom. The van der Waals surface area contributed by atoms with Crippen molar-refractivity contribution >= 4 is 33.4 Å². The van der Waals surface area contributed by atoms with Gasteiger partial charge in [-0.15, -0.1) is 0 Å². The number of aromatic hydroxyl groups is 1. The molecule has 2 aromatic carbocycles. The summed E-state index contributed by atoms with van der Waals surface area (Å²) in [6.45, 7) is 1.87. The maximum absolute atomic E-state index is 12.3. The molecule has 0 aliphatic carbocycles. The summed E-state index contributed by atoms with van der Waals surface area (Å²) in [5.41, 5.74) is 2.07. The van der Waals surface area contributed by atoms with Crippen LogP contribution in [-0.4, -0.2) is 22.3 Å². The van der Waals surface area contributed by atoms with E-state index in [2.05, 4.69) is 26.6 Å². The van der Waals surface area contributed by atoms with Crippen LogP contribution in [-0.2, 0) is 4.79 Å². The molecule has 126 valence electrons. The lowest BCUT2D eigenvalue weighted by atomic mass is 10.1. The molecule has 1 atom stereocenters. The van der Waals surface area contributed by atoms with E-state index in [1.807, 2.05) is 6.92 Å². The van der Waals surface area contributed by atoms with Crippen LogP contribution in [0.1, 0.15) is 35.3 Å². The van der Waals surface area contributed by atoms with Gasteiger partial charge in [-0.3, -0.25) is 9.59 Å². The summed E-state index contributed by atoms with van der Waals surface area (Å²) in [6.07, 6.45) is 0.395. The van der Waals surface area contributed by atoms with E-state index in [1.165, 1.54) is 0 Å². The molecule has 0 aliphatic heterocycles. The standard InChI is InChI=1S/C18H19BrN2O3/c1-12(13-4-8-16(22)9-5-13)20-18(24)14-2-6-15(7-3-14)21-17(23)10-11-19/h2-9,12,22H,10-11H2,1H3,(H,20,24)(H,21,23)/t12-/m0/s1. The first-order chi connectivity index (χ1) is 11.5. The van der Waals surface area contributed by atoms with Crippen molar-refractivity contribution in [1.82, 2.24) is 5.32 Å². The van der Waals surface area contributed by atoms with Gasteiger partial charge in [0, 0.05) is 23.0 Å². The Hall–Kier alpha value is -2.34.